The van der Waals surface area contributed by atoms with Gasteiger partial charge in [-0.05, 0) is 24.1 Å². The second-order valence-electron chi connectivity index (χ2n) is 5.72. The number of hydrogen-bond donors (Lipinski definition) is 2. The van der Waals surface area contributed by atoms with Gasteiger partial charge in [-0.2, -0.15) is 0 Å². The van der Waals surface area contributed by atoms with Crippen molar-refractivity contribution in [3.05, 3.63) is 54.1 Å². The topological polar surface area (TPSA) is 93.7 Å². The van der Waals surface area contributed by atoms with Crippen molar-refractivity contribution in [1.29, 1.82) is 0 Å². The average molecular weight is 376 g/mol. The largest absolute Gasteiger partial charge is 0.486 e. The van der Waals surface area contributed by atoms with Gasteiger partial charge in [-0.1, -0.05) is 30.3 Å². The normalized spacial score (nSPS) is 13.2. The summed E-state index contributed by atoms with van der Waals surface area (Å²) >= 11 is 0. The number of rotatable bonds is 7. The molecule has 0 spiro atoms. The maximum absolute atomic E-state index is 12.3. The van der Waals surface area contributed by atoms with Crippen LogP contribution in [0.5, 0.6) is 11.5 Å². The molecule has 1 aliphatic rings. The maximum Gasteiger partial charge on any atom is 0.241 e. The molecule has 0 atom stereocenters. The molecule has 0 radical (unpaired) electrons. The van der Waals surface area contributed by atoms with Gasteiger partial charge in [0.2, 0.25) is 15.9 Å². The third-order valence-electron chi connectivity index (χ3n) is 3.83. The molecule has 0 aromatic heterocycles. The number of sulfonamides is 1. The van der Waals surface area contributed by atoms with Crippen LogP contribution < -0.4 is 19.5 Å². The van der Waals surface area contributed by atoms with Gasteiger partial charge in [0.25, 0.3) is 0 Å². The molecule has 26 heavy (non-hydrogen) atoms. The number of benzene rings is 2. The molecule has 7 nitrogen and oxygen atoms in total. The Hall–Kier alpha value is -2.58. The van der Waals surface area contributed by atoms with Crippen LogP contribution in [-0.2, 0) is 21.2 Å². The molecular weight excluding hydrogens is 356 g/mol. The number of hydrogen-bond acceptors (Lipinski definition) is 5. The van der Waals surface area contributed by atoms with Crippen LogP contribution in [0, 0.1) is 0 Å². The lowest BCUT2D eigenvalue weighted by Crippen LogP contribution is -2.37. The van der Waals surface area contributed by atoms with Gasteiger partial charge in [0, 0.05) is 12.6 Å². The summed E-state index contributed by atoms with van der Waals surface area (Å²) in [6, 6.07) is 14.1. The van der Waals surface area contributed by atoms with E-state index in [1.165, 1.54) is 12.1 Å². The molecule has 1 aliphatic heterocycles. The van der Waals surface area contributed by atoms with Crippen molar-refractivity contribution in [1.82, 2.24) is 10.0 Å². The number of nitrogens with one attached hydrogen (secondary N) is 2. The van der Waals surface area contributed by atoms with E-state index in [1.807, 2.05) is 30.3 Å². The third-order valence-corrected chi connectivity index (χ3v) is 5.22. The highest BCUT2D eigenvalue weighted by atomic mass is 32.2. The van der Waals surface area contributed by atoms with E-state index in [9.17, 15) is 13.2 Å². The number of carbonyl (C=O) groups is 1. The summed E-state index contributed by atoms with van der Waals surface area (Å²) in [5.74, 6) is 0.502. The van der Waals surface area contributed by atoms with Gasteiger partial charge in [0.05, 0.1) is 11.4 Å². The first kappa shape index (κ1) is 18.2. The van der Waals surface area contributed by atoms with E-state index in [0.717, 1.165) is 5.56 Å². The van der Waals surface area contributed by atoms with Crippen molar-refractivity contribution >= 4 is 15.9 Å². The Morgan fingerprint density at radius 1 is 1.00 bits per heavy atom. The van der Waals surface area contributed by atoms with Gasteiger partial charge < -0.3 is 14.8 Å². The molecule has 138 valence electrons. The van der Waals surface area contributed by atoms with E-state index < -0.39 is 10.0 Å². The fourth-order valence-electron chi connectivity index (χ4n) is 2.49. The molecule has 3 rings (SSSR count). The Morgan fingerprint density at radius 2 is 1.73 bits per heavy atom. The lowest BCUT2D eigenvalue weighted by molar-refractivity contribution is -0.119. The van der Waals surface area contributed by atoms with E-state index in [1.54, 1.807) is 6.07 Å². The Bertz CT molecular complexity index is 868. The summed E-state index contributed by atoms with van der Waals surface area (Å²) in [5, 5.41) is 2.69. The summed E-state index contributed by atoms with van der Waals surface area (Å²) in [4.78, 5) is 11.9. The van der Waals surface area contributed by atoms with Crippen molar-refractivity contribution in [3.63, 3.8) is 0 Å². The lowest BCUT2D eigenvalue weighted by Gasteiger charge is -2.18. The summed E-state index contributed by atoms with van der Waals surface area (Å²) < 4.78 is 37.7. The van der Waals surface area contributed by atoms with Gasteiger partial charge in [0.1, 0.15) is 13.2 Å². The fraction of sp³-hybridized carbons (Fsp3) is 0.278. The maximum atomic E-state index is 12.3. The van der Waals surface area contributed by atoms with Crippen molar-refractivity contribution in [2.24, 2.45) is 0 Å². The molecule has 1 heterocycles. The quantitative estimate of drug-likeness (QED) is 0.755. The van der Waals surface area contributed by atoms with Gasteiger partial charge in [-0.3, -0.25) is 4.79 Å². The Morgan fingerprint density at radius 3 is 2.50 bits per heavy atom. The molecule has 0 saturated heterocycles. The molecule has 8 heteroatoms. The third kappa shape index (κ3) is 4.74. The molecule has 2 N–H and O–H groups in total. The number of amides is 1. The van der Waals surface area contributed by atoms with Crippen LogP contribution in [0.15, 0.2) is 53.4 Å². The van der Waals surface area contributed by atoms with Crippen LogP contribution in [0.2, 0.25) is 0 Å². The van der Waals surface area contributed by atoms with Crippen LogP contribution in [-0.4, -0.2) is 40.6 Å². The molecule has 2 aromatic carbocycles. The minimum absolute atomic E-state index is 0.0267. The van der Waals surface area contributed by atoms with E-state index >= 15 is 0 Å². The minimum Gasteiger partial charge on any atom is -0.486 e. The van der Waals surface area contributed by atoms with Gasteiger partial charge in [-0.15, -0.1) is 0 Å². The van der Waals surface area contributed by atoms with Crippen LogP contribution in [0.4, 0.5) is 0 Å². The molecule has 1 amide bonds. The number of ether oxygens (including phenoxy) is 2. The van der Waals surface area contributed by atoms with Crippen LogP contribution >= 0.6 is 0 Å². The van der Waals surface area contributed by atoms with E-state index in [-0.39, 0.29) is 17.3 Å². The Labute approximate surface area is 152 Å². The zero-order valence-corrected chi connectivity index (χ0v) is 14.9. The van der Waals surface area contributed by atoms with Crippen molar-refractivity contribution < 1.29 is 22.7 Å². The lowest BCUT2D eigenvalue weighted by atomic mass is 10.1. The molecular formula is C18H20N2O5S. The smallest absolute Gasteiger partial charge is 0.241 e. The fourth-order valence-corrected chi connectivity index (χ4v) is 3.49. The summed E-state index contributed by atoms with van der Waals surface area (Å²) in [6.07, 6.45) is 0.682. The number of carbonyl (C=O) groups excluding carboxylic acids is 1. The first-order valence-corrected chi connectivity index (χ1v) is 9.73. The second kappa shape index (κ2) is 8.20. The van der Waals surface area contributed by atoms with Crippen molar-refractivity contribution in [2.45, 2.75) is 11.3 Å². The standard InChI is InChI=1S/C18H20N2O5S/c21-18(19-9-8-14-4-2-1-3-5-14)13-20-26(22,23)15-6-7-16-17(12-15)25-11-10-24-16/h1-7,12,20H,8-11,13H2,(H,19,21). The highest BCUT2D eigenvalue weighted by Gasteiger charge is 2.20. The summed E-state index contributed by atoms with van der Waals surface area (Å²) in [5.41, 5.74) is 1.10. The summed E-state index contributed by atoms with van der Waals surface area (Å²) in [6.45, 7) is 0.911. The molecule has 0 saturated carbocycles. The monoisotopic (exact) mass is 376 g/mol. The zero-order valence-electron chi connectivity index (χ0n) is 14.1. The Kier molecular flexibility index (Phi) is 5.75. The molecule has 2 aromatic rings. The Balaban J connectivity index is 1.50. The molecule has 0 bridgehead atoms. The van der Waals surface area contributed by atoms with Crippen LogP contribution in [0.3, 0.4) is 0 Å². The van der Waals surface area contributed by atoms with Crippen LogP contribution in [0.25, 0.3) is 0 Å². The van der Waals surface area contributed by atoms with Crippen LogP contribution in [0.1, 0.15) is 5.56 Å². The number of fused-ring (bicyclic) bond motifs is 1. The minimum atomic E-state index is -3.81. The highest BCUT2D eigenvalue weighted by Crippen LogP contribution is 2.32. The predicted octanol–water partition coefficient (Wildman–Crippen LogP) is 1.09. The predicted molar refractivity (Wildman–Crippen MR) is 95.8 cm³/mol. The van der Waals surface area contributed by atoms with Gasteiger partial charge >= 0.3 is 0 Å². The molecule has 0 aliphatic carbocycles. The first-order valence-electron chi connectivity index (χ1n) is 8.24. The molecule has 0 fully saturated rings. The van der Waals surface area contributed by atoms with E-state index in [4.69, 9.17) is 9.47 Å². The zero-order chi connectivity index (χ0) is 18.4. The van der Waals surface area contributed by atoms with Crippen molar-refractivity contribution in [3.8, 4) is 11.5 Å². The van der Waals surface area contributed by atoms with E-state index in [0.29, 0.717) is 37.7 Å². The second-order valence-corrected chi connectivity index (χ2v) is 7.48. The highest BCUT2D eigenvalue weighted by molar-refractivity contribution is 7.89. The van der Waals surface area contributed by atoms with Gasteiger partial charge in [-0.25, -0.2) is 13.1 Å². The van der Waals surface area contributed by atoms with Gasteiger partial charge in [0.15, 0.2) is 11.5 Å². The average Bonchev–Trinajstić information content (AvgIpc) is 2.67. The molecule has 0 unspecified atom stereocenters. The van der Waals surface area contributed by atoms with E-state index in [2.05, 4.69) is 10.0 Å². The summed E-state index contributed by atoms with van der Waals surface area (Å²) in [7, 11) is -3.81. The van der Waals surface area contributed by atoms with Crippen molar-refractivity contribution in [2.75, 3.05) is 26.3 Å². The first-order chi connectivity index (χ1) is 12.5. The SMILES string of the molecule is O=C(CNS(=O)(=O)c1ccc2c(c1)OCCO2)NCCc1ccccc1.